The molecule has 4 rings (SSSR count). The van der Waals surface area contributed by atoms with Crippen LogP contribution in [0.15, 0.2) is 48.7 Å². The maximum absolute atomic E-state index is 11.7. The summed E-state index contributed by atoms with van der Waals surface area (Å²) in [6.07, 6.45) is 1.68. The van der Waals surface area contributed by atoms with E-state index in [0.29, 0.717) is 46.7 Å². The summed E-state index contributed by atoms with van der Waals surface area (Å²) in [5, 5.41) is 13.2. The summed E-state index contributed by atoms with van der Waals surface area (Å²) >= 11 is 0. The molecule has 0 bridgehead atoms. The summed E-state index contributed by atoms with van der Waals surface area (Å²) < 4.78 is 1.70. The van der Waals surface area contributed by atoms with Crippen molar-refractivity contribution in [2.75, 3.05) is 22.9 Å². The van der Waals surface area contributed by atoms with Crippen LogP contribution in [-0.2, 0) is 0 Å². The Labute approximate surface area is 172 Å². The number of amides is 2. The Balaban J connectivity index is 1.68. The van der Waals surface area contributed by atoms with Gasteiger partial charge in [-0.15, -0.1) is 0 Å². The molecule has 10 nitrogen and oxygen atoms in total. The van der Waals surface area contributed by atoms with Gasteiger partial charge < -0.3 is 21.7 Å². The summed E-state index contributed by atoms with van der Waals surface area (Å²) in [7, 11) is 0. The van der Waals surface area contributed by atoms with E-state index >= 15 is 0 Å². The lowest BCUT2D eigenvalue weighted by Crippen LogP contribution is -2.28. The number of fused-ring (bicyclic) bond motifs is 1. The number of hydrogen-bond donors (Lipinski definition) is 4. The number of nitrogens with one attached hydrogen (secondary N) is 3. The van der Waals surface area contributed by atoms with Crippen molar-refractivity contribution >= 4 is 34.7 Å². The highest BCUT2D eigenvalue weighted by molar-refractivity contribution is 5.89. The molecule has 30 heavy (non-hydrogen) atoms. The van der Waals surface area contributed by atoms with Crippen LogP contribution in [0.1, 0.15) is 12.7 Å². The van der Waals surface area contributed by atoms with Gasteiger partial charge in [0.25, 0.3) is 0 Å². The minimum absolute atomic E-state index is 0.247. The van der Waals surface area contributed by atoms with E-state index in [4.69, 9.17) is 5.73 Å². The largest absolute Gasteiger partial charge is 0.384 e. The van der Waals surface area contributed by atoms with Crippen molar-refractivity contribution < 1.29 is 4.79 Å². The van der Waals surface area contributed by atoms with E-state index in [1.807, 2.05) is 31.2 Å². The first-order valence-electron chi connectivity index (χ1n) is 9.40. The zero-order valence-corrected chi connectivity index (χ0v) is 16.5. The van der Waals surface area contributed by atoms with E-state index in [9.17, 15) is 4.79 Å². The van der Waals surface area contributed by atoms with Crippen LogP contribution in [0.2, 0.25) is 0 Å². The number of carbonyl (C=O) groups is 1. The first-order valence-corrected chi connectivity index (χ1v) is 9.40. The SMILES string of the molecule is CCNC(=O)Nc1ccc(Nc2nc3cccnn3c2-c2cc(N)nc(C)n2)cc1. The highest BCUT2D eigenvalue weighted by Gasteiger charge is 2.18. The molecule has 0 saturated carbocycles. The Kier molecular flexibility index (Phi) is 5.12. The predicted molar refractivity (Wildman–Crippen MR) is 116 cm³/mol. The van der Waals surface area contributed by atoms with Crippen molar-refractivity contribution in [3.05, 3.63) is 54.5 Å². The minimum Gasteiger partial charge on any atom is -0.384 e. The Bertz CT molecular complexity index is 1180. The second-order valence-electron chi connectivity index (χ2n) is 6.51. The van der Waals surface area contributed by atoms with E-state index in [1.165, 1.54) is 0 Å². The average Bonchev–Trinajstić information content (AvgIpc) is 3.06. The van der Waals surface area contributed by atoms with E-state index in [2.05, 4.69) is 36.0 Å². The van der Waals surface area contributed by atoms with E-state index in [0.717, 1.165) is 5.69 Å². The average molecular weight is 403 g/mol. The molecule has 0 atom stereocenters. The zero-order chi connectivity index (χ0) is 21.1. The van der Waals surface area contributed by atoms with Crippen LogP contribution in [0.4, 0.5) is 27.8 Å². The van der Waals surface area contributed by atoms with Gasteiger partial charge in [0, 0.05) is 30.2 Å². The van der Waals surface area contributed by atoms with Crippen LogP contribution in [0.5, 0.6) is 0 Å². The Hall–Kier alpha value is -4.21. The van der Waals surface area contributed by atoms with Gasteiger partial charge in [0.05, 0.1) is 5.69 Å². The quantitative estimate of drug-likeness (QED) is 0.402. The molecule has 0 spiro atoms. The van der Waals surface area contributed by atoms with Crippen LogP contribution >= 0.6 is 0 Å². The smallest absolute Gasteiger partial charge is 0.319 e. The summed E-state index contributed by atoms with van der Waals surface area (Å²) in [5.74, 6) is 1.51. The molecule has 3 heterocycles. The molecule has 2 amide bonds. The van der Waals surface area contributed by atoms with Crippen molar-refractivity contribution in [2.45, 2.75) is 13.8 Å². The molecule has 0 fully saturated rings. The number of nitrogens with two attached hydrogens (primary N) is 1. The lowest BCUT2D eigenvalue weighted by molar-refractivity contribution is 0.252. The standard InChI is InChI=1S/C20H21N9O/c1-3-22-20(30)27-14-8-6-13(7-9-14)26-19-18(15-11-16(21)25-12(2)24-15)29-17(28-19)5-4-10-23-29/h4-11,26H,3H2,1-2H3,(H2,21,24,25)(H2,22,27,30). The first kappa shape index (κ1) is 19.1. The second kappa shape index (κ2) is 8.03. The molecule has 4 aromatic rings. The second-order valence-corrected chi connectivity index (χ2v) is 6.51. The van der Waals surface area contributed by atoms with E-state index in [1.54, 1.807) is 35.8 Å². The molecule has 0 radical (unpaired) electrons. The van der Waals surface area contributed by atoms with Gasteiger partial charge in [-0.3, -0.25) is 0 Å². The molecule has 0 unspecified atom stereocenters. The topological polar surface area (TPSA) is 135 Å². The third-order valence-corrected chi connectivity index (χ3v) is 4.24. The monoisotopic (exact) mass is 403 g/mol. The van der Waals surface area contributed by atoms with Gasteiger partial charge in [-0.05, 0) is 50.2 Å². The third-order valence-electron chi connectivity index (χ3n) is 4.24. The number of anilines is 4. The van der Waals surface area contributed by atoms with Crippen LogP contribution in [0, 0.1) is 6.92 Å². The predicted octanol–water partition coefficient (Wildman–Crippen LogP) is 2.96. The number of rotatable bonds is 5. The number of nitrogen functional groups attached to an aromatic ring is 1. The van der Waals surface area contributed by atoms with Gasteiger partial charge in [0.1, 0.15) is 17.3 Å². The Morgan fingerprint density at radius 2 is 1.87 bits per heavy atom. The van der Waals surface area contributed by atoms with Crippen molar-refractivity contribution in [1.82, 2.24) is 29.9 Å². The number of aryl methyl sites for hydroxylation is 1. The maximum atomic E-state index is 11.7. The van der Waals surface area contributed by atoms with Crippen LogP contribution < -0.4 is 21.7 Å². The molecular weight excluding hydrogens is 382 g/mol. The summed E-state index contributed by atoms with van der Waals surface area (Å²) in [6, 6.07) is 12.4. The molecule has 0 aliphatic rings. The van der Waals surface area contributed by atoms with Crippen molar-refractivity contribution in [3.8, 4) is 11.4 Å². The first-order chi connectivity index (χ1) is 14.5. The van der Waals surface area contributed by atoms with E-state index in [-0.39, 0.29) is 6.03 Å². The fourth-order valence-electron chi connectivity index (χ4n) is 3.03. The summed E-state index contributed by atoms with van der Waals surface area (Å²) in [4.78, 5) is 25.0. The van der Waals surface area contributed by atoms with Crippen LogP contribution in [-0.4, -0.2) is 37.1 Å². The highest BCUT2D eigenvalue weighted by Crippen LogP contribution is 2.30. The lowest BCUT2D eigenvalue weighted by atomic mass is 10.2. The van der Waals surface area contributed by atoms with Crippen LogP contribution in [0.25, 0.3) is 17.0 Å². The van der Waals surface area contributed by atoms with Gasteiger partial charge in [-0.2, -0.15) is 5.10 Å². The number of urea groups is 1. The molecule has 3 aromatic heterocycles. The molecule has 152 valence electrons. The molecule has 0 aliphatic heterocycles. The van der Waals surface area contributed by atoms with Gasteiger partial charge in [-0.25, -0.2) is 24.3 Å². The molecule has 0 aliphatic carbocycles. The Morgan fingerprint density at radius 3 is 2.60 bits per heavy atom. The third kappa shape index (κ3) is 3.97. The summed E-state index contributed by atoms with van der Waals surface area (Å²) in [6.45, 7) is 4.20. The number of hydrogen-bond acceptors (Lipinski definition) is 7. The highest BCUT2D eigenvalue weighted by atomic mass is 16.2. The zero-order valence-electron chi connectivity index (χ0n) is 16.5. The number of aromatic nitrogens is 5. The van der Waals surface area contributed by atoms with Crippen molar-refractivity contribution in [3.63, 3.8) is 0 Å². The normalized spacial score (nSPS) is 10.7. The molecule has 10 heteroatoms. The number of nitrogens with zero attached hydrogens (tertiary/aromatic N) is 5. The maximum Gasteiger partial charge on any atom is 0.319 e. The van der Waals surface area contributed by atoms with Crippen molar-refractivity contribution in [2.24, 2.45) is 0 Å². The van der Waals surface area contributed by atoms with Gasteiger partial charge in [0.2, 0.25) is 0 Å². The lowest BCUT2D eigenvalue weighted by Gasteiger charge is -2.09. The summed E-state index contributed by atoms with van der Waals surface area (Å²) in [5.41, 5.74) is 9.36. The van der Waals surface area contributed by atoms with Gasteiger partial charge in [-0.1, -0.05) is 0 Å². The van der Waals surface area contributed by atoms with Gasteiger partial charge >= 0.3 is 6.03 Å². The van der Waals surface area contributed by atoms with Crippen molar-refractivity contribution in [1.29, 1.82) is 0 Å². The fourth-order valence-corrected chi connectivity index (χ4v) is 3.03. The molecule has 0 saturated heterocycles. The minimum atomic E-state index is -0.247. The Morgan fingerprint density at radius 1 is 1.10 bits per heavy atom. The molecule has 5 N–H and O–H groups in total. The van der Waals surface area contributed by atoms with E-state index < -0.39 is 0 Å². The van der Waals surface area contributed by atoms with Crippen LogP contribution in [0.3, 0.4) is 0 Å². The van der Waals surface area contributed by atoms with Gasteiger partial charge in [0.15, 0.2) is 11.5 Å². The molecule has 1 aromatic carbocycles. The fraction of sp³-hybridized carbons (Fsp3) is 0.150. The number of imidazole rings is 1. The number of benzene rings is 1. The molecular formula is C20H21N9O. The number of carbonyl (C=O) groups excluding carboxylic acids is 1.